The Morgan fingerprint density at radius 2 is 1.96 bits per heavy atom. The maximum absolute atomic E-state index is 13.0. The maximum Gasteiger partial charge on any atom is 0.274 e. The van der Waals surface area contributed by atoms with Gasteiger partial charge in [-0.1, -0.05) is 11.8 Å². The molecule has 8 heteroatoms. The molecule has 2 saturated heterocycles. The van der Waals surface area contributed by atoms with Gasteiger partial charge in [-0.05, 0) is 37.1 Å². The second-order valence-electron chi connectivity index (χ2n) is 6.85. The van der Waals surface area contributed by atoms with E-state index >= 15 is 0 Å². The average Bonchev–Trinajstić information content (AvgIpc) is 3.41. The molecule has 0 spiro atoms. The van der Waals surface area contributed by atoms with Crippen LogP contribution in [0.15, 0.2) is 31.0 Å². The molecule has 136 valence electrons. The van der Waals surface area contributed by atoms with Crippen molar-refractivity contribution < 1.29 is 9.59 Å². The normalized spacial score (nSPS) is 20.6. The number of benzene rings is 1. The predicted molar refractivity (Wildman–Crippen MR) is 96.6 cm³/mol. The molecule has 8 nitrogen and oxygen atoms in total. The van der Waals surface area contributed by atoms with E-state index in [2.05, 4.69) is 23.0 Å². The van der Waals surface area contributed by atoms with Crippen molar-refractivity contribution in [3.63, 3.8) is 0 Å². The molecule has 0 unspecified atom stereocenters. The zero-order valence-electron chi connectivity index (χ0n) is 14.9. The first-order valence-electron chi connectivity index (χ1n) is 8.69. The minimum atomic E-state index is -0.144. The lowest BCUT2D eigenvalue weighted by Crippen LogP contribution is -2.51. The van der Waals surface area contributed by atoms with Gasteiger partial charge in [-0.15, -0.1) is 5.10 Å². The zero-order chi connectivity index (χ0) is 19.1. The quantitative estimate of drug-likeness (QED) is 0.820. The molecular weight excluding hydrogens is 344 g/mol. The van der Waals surface area contributed by atoms with Gasteiger partial charge in [-0.25, -0.2) is 4.68 Å². The Bertz CT molecular complexity index is 988. The number of carbonyl (C=O) groups is 2. The third kappa shape index (κ3) is 2.68. The summed E-state index contributed by atoms with van der Waals surface area (Å²) < 4.78 is 1.36. The van der Waals surface area contributed by atoms with E-state index in [-0.39, 0.29) is 23.9 Å². The number of hydrogen-bond donors (Lipinski definition) is 0. The van der Waals surface area contributed by atoms with Gasteiger partial charge in [-0.3, -0.25) is 9.59 Å². The molecule has 1 aromatic heterocycles. The van der Waals surface area contributed by atoms with Crippen molar-refractivity contribution in [1.29, 1.82) is 5.26 Å². The molecule has 0 saturated carbocycles. The number of nitrogens with zero attached hydrogens (tertiary/aromatic N) is 6. The lowest BCUT2D eigenvalue weighted by molar-refractivity contribution is 0.0521. The van der Waals surface area contributed by atoms with E-state index in [1.165, 1.54) is 17.1 Å². The summed E-state index contributed by atoms with van der Waals surface area (Å²) in [5.74, 6) is -0.191. The lowest BCUT2D eigenvalue weighted by atomic mass is 10.0. The molecule has 2 atom stereocenters. The Morgan fingerprint density at radius 1 is 1.26 bits per heavy atom. The summed E-state index contributed by atoms with van der Waals surface area (Å²) in [6, 6.07) is 7.15. The van der Waals surface area contributed by atoms with Gasteiger partial charge >= 0.3 is 0 Å². The van der Waals surface area contributed by atoms with E-state index in [1.54, 1.807) is 23.1 Å². The first-order chi connectivity index (χ1) is 13.0. The molecule has 2 fully saturated rings. The van der Waals surface area contributed by atoms with Crippen molar-refractivity contribution in [1.82, 2.24) is 24.8 Å². The van der Waals surface area contributed by atoms with Crippen LogP contribution in [-0.2, 0) is 0 Å². The summed E-state index contributed by atoms with van der Waals surface area (Å²) in [7, 11) is 0. The molecule has 0 aliphatic carbocycles. The number of carbonyl (C=O) groups excluding carboxylic acids is 2. The lowest BCUT2D eigenvalue weighted by Gasteiger charge is -2.34. The van der Waals surface area contributed by atoms with Crippen LogP contribution in [0.2, 0.25) is 0 Å². The molecule has 2 aliphatic heterocycles. The van der Waals surface area contributed by atoms with Gasteiger partial charge in [0.2, 0.25) is 0 Å². The maximum atomic E-state index is 13.0. The number of fused-ring (bicyclic) bond motifs is 2. The molecular formula is C19H18N6O2. The fourth-order valence-electron chi connectivity index (χ4n) is 3.97. The van der Waals surface area contributed by atoms with Crippen molar-refractivity contribution in [2.75, 3.05) is 13.1 Å². The molecule has 2 bridgehead atoms. The molecule has 27 heavy (non-hydrogen) atoms. The van der Waals surface area contributed by atoms with Crippen LogP contribution in [0, 0.1) is 18.3 Å². The van der Waals surface area contributed by atoms with Gasteiger partial charge in [0, 0.05) is 24.9 Å². The minimum absolute atomic E-state index is 0.00504. The summed E-state index contributed by atoms with van der Waals surface area (Å²) in [6.45, 7) is 6.46. The molecule has 2 amide bonds. The van der Waals surface area contributed by atoms with Gasteiger partial charge in [0.05, 0.1) is 29.9 Å². The molecule has 3 heterocycles. The smallest absolute Gasteiger partial charge is 0.274 e. The zero-order valence-corrected chi connectivity index (χ0v) is 14.9. The predicted octanol–water partition coefficient (Wildman–Crippen LogP) is 1.30. The topological polar surface area (TPSA) is 95.1 Å². The Balaban J connectivity index is 1.50. The Morgan fingerprint density at radius 3 is 2.56 bits per heavy atom. The Labute approximate surface area is 156 Å². The number of nitriles is 1. The fourth-order valence-corrected chi connectivity index (χ4v) is 3.97. The molecule has 2 aromatic rings. The molecule has 0 radical (unpaired) electrons. The van der Waals surface area contributed by atoms with E-state index in [4.69, 9.17) is 5.26 Å². The van der Waals surface area contributed by atoms with E-state index < -0.39 is 0 Å². The van der Waals surface area contributed by atoms with Crippen LogP contribution in [0.3, 0.4) is 0 Å². The van der Waals surface area contributed by atoms with Gasteiger partial charge in [-0.2, -0.15) is 5.26 Å². The number of amides is 2. The van der Waals surface area contributed by atoms with Gasteiger partial charge < -0.3 is 9.80 Å². The van der Waals surface area contributed by atoms with Crippen LogP contribution in [-0.4, -0.2) is 61.8 Å². The van der Waals surface area contributed by atoms with Crippen molar-refractivity contribution >= 4 is 18.0 Å². The first-order valence-corrected chi connectivity index (χ1v) is 8.69. The van der Waals surface area contributed by atoms with Crippen LogP contribution in [0.1, 0.15) is 38.4 Å². The highest BCUT2D eigenvalue weighted by atomic mass is 16.2. The van der Waals surface area contributed by atoms with Gasteiger partial charge in [0.1, 0.15) is 0 Å². The number of likely N-dealkylation sites (tertiary alicyclic amines) is 2. The highest BCUT2D eigenvalue weighted by Gasteiger charge is 2.47. The average molecular weight is 362 g/mol. The van der Waals surface area contributed by atoms with Crippen LogP contribution in [0.25, 0.3) is 6.20 Å². The number of aromatic nitrogens is 3. The van der Waals surface area contributed by atoms with Crippen molar-refractivity contribution in [2.24, 2.45) is 0 Å². The highest BCUT2D eigenvalue weighted by molar-refractivity contribution is 5.97. The van der Waals surface area contributed by atoms with E-state index in [0.717, 1.165) is 12.0 Å². The minimum Gasteiger partial charge on any atom is -0.332 e. The third-order valence-electron chi connectivity index (χ3n) is 5.32. The van der Waals surface area contributed by atoms with Crippen LogP contribution < -0.4 is 0 Å². The van der Waals surface area contributed by atoms with Crippen molar-refractivity contribution in [2.45, 2.75) is 25.4 Å². The first kappa shape index (κ1) is 17.0. The molecule has 2 aliphatic rings. The van der Waals surface area contributed by atoms with Gasteiger partial charge in [0.25, 0.3) is 11.8 Å². The monoisotopic (exact) mass is 362 g/mol. The van der Waals surface area contributed by atoms with Crippen LogP contribution in [0.4, 0.5) is 0 Å². The fraction of sp³-hybridized carbons (Fsp3) is 0.316. The summed E-state index contributed by atoms with van der Waals surface area (Å²) >= 11 is 0. The standard InChI is InChI=1S/C19H18N6O2/c1-3-25-17(9-21-22-25)19(27)24-11-14-7-15(24)10-23(14)18(26)16-5-4-13(8-20)6-12(16)2/h3-6,9,14-15H,1,7,10-11H2,2H3/t14-,15-/m0/s1. The van der Waals surface area contributed by atoms with Crippen molar-refractivity contribution in [3.8, 4) is 6.07 Å². The summed E-state index contributed by atoms with van der Waals surface area (Å²) in [4.78, 5) is 29.4. The number of hydrogen-bond acceptors (Lipinski definition) is 5. The number of aryl methyl sites for hydroxylation is 1. The van der Waals surface area contributed by atoms with E-state index in [9.17, 15) is 9.59 Å². The third-order valence-corrected chi connectivity index (χ3v) is 5.32. The van der Waals surface area contributed by atoms with E-state index in [0.29, 0.717) is 29.9 Å². The van der Waals surface area contributed by atoms with Crippen LogP contribution in [0.5, 0.6) is 0 Å². The Hall–Kier alpha value is -3.47. The summed E-state index contributed by atoms with van der Waals surface area (Å²) in [6.07, 6.45) is 3.64. The number of rotatable bonds is 3. The SMILES string of the molecule is C=Cn1nncc1C(=O)N1C[C@@H]2C[C@H]1CN2C(=O)c1ccc(C#N)cc1C. The highest BCUT2D eigenvalue weighted by Crippen LogP contribution is 2.33. The number of piperazine rings is 1. The Kier molecular flexibility index (Phi) is 4.00. The largest absolute Gasteiger partial charge is 0.332 e. The second-order valence-corrected chi connectivity index (χ2v) is 6.85. The molecule has 4 rings (SSSR count). The molecule has 1 aromatic carbocycles. The van der Waals surface area contributed by atoms with Crippen LogP contribution >= 0.6 is 0 Å². The summed E-state index contributed by atoms with van der Waals surface area (Å²) in [5.41, 5.74) is 2.30. The summed E-state index contributed by atoms with van der Waals surface area (Å²) in [5, 5.41) is 16.6. The van der Waals surface area contributed by atoms with Gasteiger partial charge in [0.15, 0.2) is 5.69 Å². The van der Waals surface area contributed by atoms with Crippen molar-refractivity contribution in [3.05, 3.63) is 53.4 Å². The molecule has 0 N–H and O–H groups in total. The van der Waals surface area contributed by atoms with E-state index in [1.807, 2.05) is 11.8 Å². The second kappa shape index (κ2) is 6.36.